The largest absolute Gasteiger partial charge is 0.340 e. The van der Waals surface area contributed by atoms with Crippen molar-refractivity contribution in [2.75, 3.05) is 13.1 Å². The summed E-state index contributed by atoms with van der Waals surface area (Å²) in [6, 6.07) is 0.848. The molecule has 18 heavy (non-hydrogen) atoms. The van der Waals surface area contributed by atoms with Crippen molar-refractivity contribution in [2.24, 2.45) is 5.92 Å². The first-order valence-electron chi connectivity index (χ1n) is 7.71. The molecular formula is C15H28N2O. The van der Waals surface area contributed by atoms with Crippen LogP contribution in [0.1, 0.15) is 58.8 Å². The van der Waals surface area contributed by atoms with Crippen molar-refractivity contribution in [2.45, 2.75) is 70.9 Å². The van der Waals surface area contributed by atoms with Crippen molar-refractivity contribution in [1.29, 1.82) is 0 Å². The maximum Gasteiger partial charge on any atom is 0.224 e. The summed E-state index contributed by atoms with van der Waals surface area (Å²) in [4.78, 5) is 14.6. The Morgan fingerprint density at radius 2 is 2.00 bits per heavy atom. The van der Waals surface area contributed by atoms with E-state index in [1.54, 1.807) is 0 Å². The zero-order valence-electron chi connectivity index (χ0n) is 12.0. The quantitative estimate of drug-likeness (QED) is 0.819. The fourth-order valence-electron chi connectivity index (χ4n) is 3.34. The molecule has 1 N–H and O–H groups in total. The van der Waals surface area contributed by atoms with Gasteiger partial charge in [0.05, 0.1) is 0 Å². The molecule has 0 aromatic rings. The van der Waals surface area contributed by atoms with Gasteiger partial charge in [0.25, 0.3) is 0 Å². The lowest BCUT2D eigenvalue weighted by Crippen LogP contribution is -2.46. The van der Waals surface area contributed by atoms with Gasteiger partial charge in [-0.3, -0.25) is 4.79 Å². The van der Waals surface area contributed by atoms with E-state index in [-0.39, 0.29) is 0 Å². The van der Waals surface area contributed by atoms with Gasteiger partial charge >= 0.3 is 0 Å². The maximum atomic E-state index is 12.5. The number of amides is 1. The first kappa shape index (κ1) is 13.9. The fourth-order valence-corrected chi connectivity index (χ4v) is 3.34. The average Bonchev–Trinajstić information content (AvgIpc) is 2.57. The highest BCUT2D eigenvalue weighted by Gasteiger charge is 2.28. The van der Waals surface area contributed by atoms with Crippen LogP contribution in [0.25, 0.3) is 0 Å². The molecule has 3 unspecified atom stereocenters. The molecule has 2 aliphatic rings. The third kappa shape index (κ3) is 3.47. The van der Waals surface area contributed by atoms with Crippen LogP contribution in [0.3, 0.4) is 0 Å². The molecule has 3 atom stereocenters. The molecule has 0 radical (unpaired) electrons. The van der Waals surface area contributed by atoms with Gasteiger partial charge in [-0.15, -0.1) is 0 Å². The van der Waals surface area contributed by atoms with Gasteiger partial charge in [0.1, 0.15) is 0 Å². The molecular weight excluding hydrogens is 224 g/mol. The standard InChI is InChI=1S/C15H28N2O/c1-12-7-6-9-16-14(12)11-15(18)17-10-5-3-4-8-13(17)2/h12-14,16H,3-11H2,1-2H3. The molecule has 0 bridgehead atoms. The number of likely N-dealkylation sites (tertiary alicyclic amines) is 1. The minimum Gasteiger partial charge on any atom is -0.340 e. The summed E-state index contributed by atoms with van der Waals surface area (Å²) >= 11 is 0. The van der Waals surface area contributed by atoms with Gasteiger partial charge in [-0.05, 0) is 45.1 Å². The van der Waals surface area contributed by atoms with Gasteiger partial charge in [-0.2, -0.15) is 0 Å². The molecule has 104 valence electrons. The third-order valence-electron chi connectivity index (χ3n) is 4.70. The van der Waals surface area contributed by atoms with Gasteiger partial charge < -0.3 is 10.2 Å². The molecule has 0 saturated carbocycles. The number of carbonyl (C=O) groups excluding carboxylic acids is 1. The van der Waals surface area contributed by atoms with Crippen LogP contribution in [0.5, 0.6) is 0 Å². The van der Waals surface area contributed by atoms with Crippen LogP contribution in [0.15, 0.2) is 0 Å². The third-order valence-corrected chi connectivity index (χ3v) is 4.70. The van der Waals surface area contributed by atoms with Crippen molar-refractivity contribution < 1.29 is 4.79 Å². The van der Waals surface area contributed by atoms with Gasteiger partial charge in [-0.1, -0.05) is 19.8 Å². The Kier molecular flexibility index (Phi) is 5.04. The second-order valence-corrected chi connectivity index (χ2v) is 6.17. The minimum absolute atomic E-state index is 0.371. The highest BCUT2D eigenvalue weighted by molar-refractivity contribution is 5.77. The Hall–Kier alpha value is -0.570. The summed E-state index contributed by atoms with van der Waals surface area (Å²) < 4.78 is 0. The molecule has 3 nitrogen and oxygen atoms in total. The normalized spacial score (nSPS) is 34.1. The Bertz CT molecular complexity index is 280. The van der Waals surface area contributed by atoms with E-state index in [0.717, 1.165) is 13.1 Å². The lowest BCUT2D eigenvalue weighted by Gasteiger charge is -2.33. The van der Waals surface area contributed by atoms with Gasteiger partial charge in [0.15, 0.2) is 0 Å². The number of piperidine rings is 1. The summed E-state index contributed by atoms with van der Waals surface area (Å²) in [6.07, 6.45) is 8.15. The predicted octanol–water partition coefficient (Wildman–Crippen LogP) is 2.56. The molecule has 2 aliphatic heterocycles. The number of carbonyl (C=O) groups is 1. The van der Waals surface area contributed by atoms with E-state index in [1.165, 1.54) is 38.5 Å². The lowest BCUT2D eigenvalue weighted by molar-refractivity contribution is -0.134. The van der Waals surface area contributed by atoms with Crippen LogP contribution in [-0.4, -0.2) is 36.0 Å². The zero-order valence-corrected chi connectivity index (χ0v) is 12.0. The van der Waals surface area contributed by atoms with Crippen LogP contribution in [0.4, 0.5) is 0 Å². The second kappa shape index (κ2) is 6.55. The van der Waals surface area contributed by atoms with Crippen LogP contribution in [0, 0.1) is 5.92 Å². The molecule has 2 saturated heterocycles. The highest BCUT2D eigenvalue weighted by atomic mass is 16.2. The first-order valence-corrected chi connectivity index (χ1v) is 7.71. The number of nitrogens with zero attached hydrogens (tertiary/aromatic N) is 1. The Morgan fingerprint density at radius 1 is 1.17 bits per heavy atom. The fraction of sp³-hybridized carbons (Fsp3) is 0.933. The predicted molar refractivity (Wildman–Crippen MR) is 74.4 cm³/mol. The molecule has 2 heterocycles. The highest BCUT2D eigenvalue weighted by Crippen LogP contribution is 2.22. The summed E-state index contributed by atoms with van der Waals surface area (Å²) in [7, 11) is 0. The summed E-state index contributed by atoms with van der Waals surface area (Å²) in [5.74, 6) is 1.01. The minimum atomic E-state index is 0.371. The van der Waals surface area contributed by atoms with Crippen molar-refractivity contribution in [1.82, 2.24) is 10.2 Å². The Morgan fingerprint density at radius 3 is 2.78 bits per heavy atom. The van der Waals surface area contributed by atoms with Crippen LogP contribution in [-0.2, 0) is 4.79 Å². The van der Waals surface area contributed by atoms with Crippen molar-refractivity contribution in [3.63, 3.8) is 0 Å². The van der Waals surface area contributed by atoms with Crippen LogP contribution < -0.4 is 5.32 Å². The van der Waals surface area contributed by atoms with E-state index in [1.807, 2.05) is 0 Å². The monoisotopic (exact) mass is 252 g/mol. The molecule has 0 aliphatic carbocycles. The van der Waals surface area contributed by atoms with Gasteiger partial charge in [0, 0.05) is 25.0 Å². The number of hydrogen-bond acceptors (Lipinski definition) is 2. The average molecular weight is 252 g/mol. The van der Waals surface area contributed by atoms with E-state index >= 15 is 0 Å². The van der Waals surface area contributed by atoms with Gasteiger partial charge in [-0.25, -0.2) is 0 Å². The molecule has 2 fully saturated rings. The van der Waals surface area contributed by atoms with Gasteiger partial charge in [0.2, 0.25) is 5.91 Å². The molecule has 1 amide bonds. The smallest absolute Gasteiger partial charge is 0.224 e. The lowest BCUT2D eigenvalue weighted by atomic mass is 9.90. The van der Waals surface area contributed by atoms with Crippen LogP contribution in [0.2, 0.25) is 0 Å². The molecule has 2 rings (SSSR count). The molecule has 0 aromatic heterocycles. The summed E-state index contributed by atoms with van der Waals surface area (Å²) in [6.45, 7) is 6.54. The number of rotatable bonds is 2. The topological polar surface area (TPSA) is 32.3 Å². The van der Waals surface area contributed by atoms with Crippen molar-refractivity contribution in [3.8, 4) is 0 Å². The molecule has 0 aromatic carbocycles. The Labute approximate surface area is 111 Å². The number of nitrogens with one attached hydrogen (secondary N) is 1. The number of hydrogen-bond donors (Lipinski definition) is 1. The van der Waals surface area contributed by atoms with E-state index in [9.17, 15) is 4.79 Å². The Balaban J connectivity index is 1.89. The molecule has 3 heteroatoms. The molecule has 0 spiro atoms. The first-order chi connectivity index (χ1) is 8.68. The van der Waals surface area contributed by atoms with E-state index in [0.29, 0.717) is 30.3 Å². The van der Waals surface area contributed by atoms with Crippen LogP contribution >= 0.6 is 0 Å². The van der Waals surface area contributed by atoms with E-state index < -0.39 is 0 Å². The summed E-state index contributed by atoms with van der Waals surface area (Å²) in [5.41, 5.74) is 0. The maximum absolute atomic E-state index is 12.5. The summed E-state index contributed by atoms with van der Waals surface area (Å²) in [5, 5.41) is 3.52. The second-order valence-electron chi connectivity index (χ2n) is 6.17. The SMILES string of the molecule is CC1CCCNC1CC(=O)N1CCCCCC1C. The van der Waals surface area contributed by atoms with E-state index in [4.69, 9.17) is 0 Å². The zero-order chi connectivity index (χ0) is 13.0. The van der Waals surface area contributed by atoms with Crippen molar-refractivity contribution >= 4 is 5.91 Å². The van der Waals surface area contributed by atoms with Crippen molar-refractivity contribution in [3.05, 3.63) is 0 Å². The van der Waals surface area contributed by atoms with E-state index in [2.05, 4.69) is 24.1 Å².